The topological polar surface area (TPSA) is 64.3 Å². The van der Waals surface area contributed by atoms with Gasteiger partial charge in [0.05, 0.1) is 4.47 Å². The number of benzene rings is 1. The number of ether oxygens (including phenoxy) is 1. The smallest absolute Gasteiger partial charge is 0.271 e. The lowest BCUT2D eigenvalue weighted by molar-refractivity contribution is -0.123. The third-order valence-electron chi connectivity index (χ3n) is 1.42. The molecule has 0 heterocycles. The Morgan fingerprint density at radius 2 is 2.36 bits per heavy atom. The molecule has 14 heavy (non-hydrogen) atoms. The Morgan fingerprint density at radius 3 is 2.93 bits per heavy atom. The fourth-order valence-electron chi connectivity index (χ4n) is 0.757. The van der Waals surface area contributed by atoms with Crippen molar-refractivity contribution < 1.29 is 13.9 Å². The molecule has 1 aromatic carbocycles. The molecule has 0 aliphatic carbocycles. The maximum absolute atomic E-state index is 12.8. The third-order valence-corrected chi connectivity index (χ3v) is 2.03. The fraction of sp³-hybridized carbons (Fsp3) is 0.125. The third kappa shape index (κ3) is 2.97. The first-order valence-corrected chi connectivity index (χ1v) is 4.50. The van der Waals surface area contributed by atoms with E-state index in [4.69, 9.17) is 10.6 Å². The first-order valence-electron chi connectivity index (χ1n) is 3.71. The highest BCUT2D eigenvalue weighted by Crippen LogP contribution is 2.21. The lowest BCUT2D eigenvalue weighted by atomic mass is 10.3. The molecule has 0 aromatic heterocycles. The van der Waals surface area contributed by atoms with Gasteiger partial charge in [0.2, 0.25) is 0 Å². The Hall–Kier alpha value is -1.14. The second-order valence-electron chi connectivity index (χ2n) is 2.43. The number of nitrogens with one attached hydrogen (secondary N) is 1. The average molecular weight is 263 g/mol. The van der Waals surface area contributed by atoms with E-state index in [-0.39, 0.29) is 16.9 Å². The summed E-state index contributed by atoms with van der Waals surface area (Å²) in [5.41, 5.74) is 1.91. The number of carbonyl (C=O) groups excluding carboxylic acids is 1. The second kappa shape index (κ2) is 4.92. The Labute approximate surface area is 88.3 Å². The van der Waals surface area contributed by atoms with Crippen molar-refractivity contribution >= 4 is 21.8 Å². The van der Waals surface area contributed by atoms with Crippen LogP contribution in [0.25, 0.3) is 0 Å². The molecule has 6 heteroatoms. The fourth-order valence-corrected chi connectivity index (χ4v) is 1.11. The van der Waals surface area contributed by atoms with Gasteiger partial charge in [0.15, 0.2) is 6.61 Å². The molecule has 0 radical (unpaired) electrons. The van der Waals surface area contributed by atoms with Gasteiger partial charge in [-0.1, -0.05) is 0 Å². The van der Waals surface area contributed by atoms with Gasteiger partial charge in [0.25, 0.3) is 5.91 Å². The maximum atomic E-state index is 12.8. The van der Waals surface area contributed by atoms with E-state index in [0.29, 0.717) is 5.75 Å². The van der Waals surface area contributed by atoms with E-state index in [1.54, 1.807) is 0 Å². The van der Waals surface area contributed by atoms with Crippen LogP contribution >= 0.6 is 15.9 Å². The Bertz CT molecular complexity index is 346. The zero-order chi connectivity index (χ0) is 10.6. The summed E-state index contributed by atoms with van der Waals surface area (Å²) >= 11 is 2.99. The number of carbonyl (C=O) groups is 1. The molecule has 3 N–H and O–H groups in total. The Kier molecular flexibility index (Phi) is 3.84. The molecular formula is C8H8BrFN2O2. The highest BCUT2D eigenvalue weighted by molar-refractivity contribution is 9.10. The molecule has 76 valence electrons. The first kappa shape index (κ1) is 10.9. The molecule has 0 bridgehead atoms. The van der Waals surface area contributed by atoms with Crippen LogP contribution in [-0.4, -0.2) is 12.5 Å². The molecule has 4 nitrogen and oxygen atoms in total. The van der Waals surface area contributed by atoms with Crippen molar-refractivity contribution in [2.75, 3.05) is 6.61 Å². The average Bonchev–Trinajstić information content (AvgIpc) is 2.19. The highest BCUT2D eigenvalue weighted by atomic mass is 79.9. The summed E-state index contributed by atoms with van der Waals surface area (Å²) in [5, 5.41) is 0. The largest absolute Gasteiger partial charge is 0.484 e. The van der Waals surface area contributed by atoms with Crippen molar-refractivity contribution in [1.82, 2.24) is 5.43 Å². The number of nitrogens with two attached hydrogens (primary N) is 1. The monoisotopic (exact) mass is 262 g/mol. The molecular weight excluding hydrogens is 255 g/mol. The zero-order valence-electron chi connectivity index (χ0n) is 7.09. The molecule has 1 rings (SSSR count). The minimum atomic E-state index is -0.453. The SMILES string of the molecule is NNC(=O)COc1ccc(F)c(Br)c1. The van der Waals surface area contributed by atoms with Crippen LogP contribution in [-0.2, 0) is 4.79 Å². The van der Waals surface area contributed by atoms with Gasteiger partial charge in [-0.2, -0.15) is 0 Å². The number of hydrogen-bond acceptors (Lipinski definition) is 3. The van der Waals surface area contributed by atoms with Gasteiger partial charge >= 0.3 is 0 Å². The van der Waals surface area contributed by atoms with E-state index in [9.17, 15) is 9.18 Å². The van der Waals surface area contributed by atoms with Crippen LogP contribution in [0.2, 0.25) is 0 Å². The first-order chi connectivity index (χ1) is 6.63. The standard InChI is InChI=1S/C8H8BrFN2O2/c9-6-3-5(1-2-7(6)10)14-4-8(13)12-11/h1-3H,4,11H2,(H,12,13). The van der Waals surface area contributed by atoms with Gasteiger partial charge in [0.1, 0.15) is 11.6 Å². The van der Waals surface area contributed by atoms with Crippen LogP contribution in [0.1, 0.15) is 0 Å². The lowest BCUT2D eigenvalue weighted by Gasteiger charge is -2.05. The summed E-state index contributed by atoms with van der Waals surface area (Å²) in [6.45, 7) is -0.200. The molecule has 0 aliphatic rings. The Balaban J connectivity index is 2.60. The Morgan fingerprint density at radius 1 is 1.64 bits per heavy atom. The summed E-state index contributed by atoms with van der Waals surface area (Å²) in [6, 6.07) is 4.09. The molecule has 1 amide bonds. The van der Waals surface area contributed by atoms with Crippen LogP contribution in [0.4, 0.5) is 4.39 Å². The van der Waals surface area contributed by atoms with Crippen LogP contribution in [0.3, 0.4) is 0 Å². The number of amides is 1. The van der Waals surface area contributed by atoms with E-state index in [2.05, 4.69) is 15.9 Å². The van der Waals surface area contributed by atoms with E-state index < -0.39 is 5.91 Å². The quantitative estimate of drug-likeness (QED) is 0.485. The predicted octanol–water partition coefficient (Wildman–Crippen LogP) is 0.957. The second-order valence-corrected chi connectivity index (χ2v) is 3.29. The number of hydrogen-bond donors (Lipinski definition) is 2. The number of rotatable bonds is 3. The van der Waals surface area contributed by atoms with Crippen LogP contribution in [0.15, 0.2) is 22.7 Å². The molecule has 0 unspecified atom stereocenters. The van der Waals surface area contributed by atoms with E-state index >= 15 is 0 Å². The van der Waals surface area contributed by atoms with E-state index in [1.165, 1.54) is 18.2 Å². The van der Waals surface area contributed by atoms with Crippen molar-refractivity contribution in [3.8, 4) is 5.75 Å². The van der Waals surface area contributed by atoms with Gasteiger partial charge in [0, 0.05) is 0 Å². The molecule has 0 fully saturated rings. The molecule has 0 saturated carbocycles. The van der Waals surface area contributed by atoms with Crippen molar-refractivity contribution in [3.63, 3.8) is 0 Å². The van der Waals surface area contributed by atoms with Gasteiger partial charge in [-0.05, 0) is 34.1 Å². The normalized spacial score (nSPS) is 9.64. The molecule has 0 atom stereocenters. The molecule has 1 aromatic rings. The molecule has 0 spiro atoms. The van der Waals surface area contributed by atoms with Crippen molar-refractivity contribution in [1.29, 1.82) is 0 Å². The highest BCUT2D eigenvalue weighted by Gasteiger charge is 2.03. The predicted molar refractivity (Wildman–Crippen MR) is 51.9 cm³/mol. The minimum absolute atomic E-state index is 0.200. The summed E-state index contributed by atoms with van der Waals surface area (Å²) < 4.78 is 18.0. The van der Waals surface area contributed by atoms with Crippen LogP contribution in [0, 0.1) is 5.82 Å². The van der Waals surface area contributed by atoms with Crippen molar-refractivity contribution in [2.24, 2.45) is 5.84 Å². The number of halogens is 2. The van der Waals surface area contributed by atoms with Crippen molar-refractivity contribution in [2.45, 2.75) is 0 Å². The summed E-state index contributed by atoms with van der Waals surface area (Å²) in [6.07, 6.45) is 0. The van der Waals surface area contributed by atoms with Crippen LogP contribution < -0.4 is 16.0 Å². The minimum Gasteiger partial charge on any atom is -0.484 e. The maximum Gasteiger partial charge on any atom is 0.271 e. The van der Waals surface area contributed by atoms with Crippen LogP contribution in [0.5, 0.6) is 5.75 Å². The van der Waals surface area contributed by atoms with Gasteiger partial charge in [-0.15, -0.1) is 0 Å². The van der Waals surface area contributed by atoms with Gasteiger partial charge in [-0.3, -0.25) is 10.2 Å². The van der Waals surface area contributed by atoms with E-state index in [1.807, 2.05) is 5.43 Å². The molecule has 0 aliphatic heterocycles. The van der Waals surface area contributed by atoms with E-state index in [0.717, 1.165) is 0 Å². The summed E-state index contributed by atoms with van der Waals surface area (Å²) in [4.78, 5) is 10.7. The van der Waals surface area contributed by atoms with Crippen molar-refractivity contribution in [3.05, 3.63) is 28.5 Å². The lowest BCUT2D eigenvalue weighted by Crippen LogP contribution is -2.34. The summed E-state index contributed by atoms with van der Waals surface area (Å²) in [5.74, 6) is 4.39. The van der Waals surface area contributed by atoms with Gasteiger partial charge in [-0.25, -0.2) is 10.2 Å². The summed E-state index contributed by atoms with van der Waals surface area (Å²) in [7, 11) is 0. The zero-order valence-corrected chi connectivity index (χ0v) is 8.67. The van der Waals surface area contributed by atoms with Gasteiger partial charge < -0.3 is 4.74 Å². The number of hydrazine groups is 1. The molecule has 0 saturated heterocycles.